The van der Waals surface area contributed by atoms with Gasteiger partial charge in [-0.25, -0.2) is 0 Å². The Bertz CT molecular complexity index is 267. The van der Waals surface area contributed by atoms with E-state index in [0.29, 0.717) is 13.2 Å². The first-order valence-corrected chi connectivity index (χ1v) is 6.24. The van der Waals surface area contributed by atoms with Gasteiger partial charge in [0.25, 0.3) is 0 Å². The molecule has 0 aromatic heterocycles. The molecule has 0 aliphatic carbocycles. The predicted octanol–water partition coefficient (Wildman–Crippen LogP) is 1.27. The second-order valence-electron chi connectivity index (χ2n) is 4.39. The molecule has 5 nitrogen and oxygen atoms in total. The van der Waals surface area contributed by atoms with Crippen molar-refractivity contribution in [2.45, 2.75) is 45.1 Å². The normalized spacial score (nSPS) is 19.6. The molecule has 1 amide bonds. The quantitative estimate of drug-likeness (QED) is 0.684. The number of nitrogens with zero attached hydrogens (tertiary/aromatic N) is 1. The molecule has 1 fully saturated rings. The summed E-state index contributed by atoms with van der Waals surface area (Å²) in [5, 5.41) is 8.75. The first kappa shape index (κ1) is 14.0. The number of rotatable bonds is 7. The molecule has 0 aromatic rings. The van der Waals surface area contributed by atoms with E-state index in [-0.39, 0.29) is 25.0 Å². The second kappa shape index (κ2) is 7.27. The molecule has 1 aliphatic rings. The molecular weight excluding hydrogens is 222 g/mol. The number of carbonyl (C=O) groups is 2. The molecule has 5 heteroatoms. The van der Waals surface area contributed by atoms with Crippen molar-refractivity contribution in [2.24, 2.45) is 0 Å². The number of ether oxygens (including phenoxy) is 1. The van der Waals surface area contributed by atoms with E-state index < -0.39 is 5.97 Å². The molecule has 98 valence electrons. The highest BCUT2D eigenvalue weighted by atomic mass is 16.5. The van der Waals surface area contributed by atoms with Crippen LogP contribution in [0, 0.1) is 0 Å². The molecule has 0 bridgehead atoms. The van der Waals surface area contributed by atoms with E-state index in [1.165, 1.54) is 0 Å². The molecule has 1 saturated heterocycles. The lowest BCUT2D eigenvalue weighted by Crippen LogP contribution is -2.39. The van der Waals surface area contributed by atoms with Gasteiger partial charge in [-0.05, 0) is 19.3 Å². The number of hydrogen-bond donors (Lipinski definition) is 1. The van der Waals surface area contributed by atoms with Crippen LogP contribution in [-0.2, 0) is 14.3 Å². The number of carboxylic acid groups (broad SMARTS) is 1. The maximum atomic E-state index is 11.8. The Labute approximate surface area is 102 Å². The van der Waals surface area contributed by atoms with Gasteiger partial charge in [0.2, 0.25) is 5.91 Å². The van der Waals surface area contributed by atoms with Crippen LogP contribution in [0.25, 0.3) is 0 Å². The number of carbonyl (C=O) groups excluding carboxylic acids is 1. The minimum absolute atomic E-state index is 0.0424. The minimum Gasteiger partial charge on any atom is -0.481 e. The van der Waals surface area contributed by atoms with E-state index in [9.17, 15) is 9.59 Å². The smallest absolute Gasteiger partial charge is 0.305 e. The Hall–Kier alpha value is -1.10. The van der Waals surface area contributed by atoms with Crippen molar-refractivity contribution in [1.29, 1.82) is 0 Å². The van der Waals surface area contributed by atoms with Crippen LogP contribution < -0.4 is 0 Å². The number of unbranched alkanes of at least 4 members (excludes halogenated alkanes) is 1. The molecule has 1 heterocycles. The Morgan fingerprint density at radius 3 is 2.88 bits per heavy atom. The summed E-state index contributed by atoms with van der Waals surface area (Å²) in [6.45, 7) is 3.40. The highest BCUT2D eigenvalue weighted by Crippen LogP contribution is 2.20. The Kier molecular flexibility index (Phi) is 5.97. The fourth-order valence-corrected chi connectivity index (χ4v) is 2.07. The van der Waals surface area contributed by atoms with E-state index in [4.69, 9.17) is 9.84 Å². The lowest BCUT2D eigenvalue weighted by atomic mass is 10.1. The molecule has 1 rings (SSSR count). The zero-order chi connectivity index (χ0) is 12.7. The Balaban J connectivity index is 2.31. The summed E-state index contributed by atoms with van der Waals surface area (Å²) in [7, 11) is 0. The maximum Gasteiger partial charge on any atom is 0.305 e. The van der Waals surface area contributed by atoms with E-state index in [2.05, 4.69) is 6.92 Å². The third-order valence-electron chi connectivity index (χ3n) is 2.98. The van der Waals surface area contributed by atoms with Gasteiger partial charge in [0.05, 0.1) is 6.42 Å². The average molecular weight is 243 g/mol. The number of carboxylic acids is 1. The lowest BCUT2D eigenvalue weighted by molar-refractivity contribution is -0.141. The van der Waals surface area contributed by atoms with Gasteiger partial charge in [0.1, 0.15) is 6.61 Å². The zero-order valence-electron chi connectivity index (χ0n) is 10.4. The molecule has 0 radical (unpaired) electrons. The second-order valence-corrected chi connectivity index (χ2v) is 4.39. The van der Waals surface area contributed by atoms with Crippen LogP contribution in [0.3, 0.4) is 0 Å². The third kappa shape index (κ3) is 4.73. The number of likely N-dealkylation sites (tertiary alicyclic amines) is 1. The standard InChI is InChI=1S/C12H21NO4/c1-2-3-7-17-9-11(14)13-6-4-5-10(13)8-12(15)16/h10H,2-9H2,1H3,(H,15,16). The summed E-state index contributed by atoms with van der Waals surface area (Å²) >= 11 is 0. The molecular formula is C12H21NO4. The van der Waals surface area contributed by atoms with Gasteiger partial charge in [-0.15, -0.1) is 0 Å². The van der Waals surface area contributed by atoms with E-state index in [1.807, 2.05) is 0 Å². The topological polar surface area (TPSA) is 66.8 Å². The van der Waals surface area contributed by atoms with Crippen LogP contribution >= 0.6 is 0 Å². The van der Waals surface area contributed by atoms with E-state index >= 15 is 0 Å². The fraction of sp³-hybridized carbons (Fsp3) is 0.833. The van der Waals surface area contributed by atoms with Crippen molar-refractivity contribution in [3.8, 4) is 0 Å². The van der Waals surface area contributed by atoms with Gasteiger partial charge in [-0.2, -0.15) is 0 Å². The highest BCUT2D eigenvalue weighted by Gasteiger charge is 2.29. The predicted molar refractivity (Wildman–Crippen MR) is 62.7 cm³/mol. The third-order valence-corrected chi connectivity index (χ3v) is 2.98. The average Bonchev–Trinajstić information content (AvgIpc) is 2.71. The van der Waals surface area contributed by atoms with E-state index in [1.54, 1.807) is 4.90 Å². The Morgan fingerprint density at radius 2 is 2.24 bits per heavy atom. The summed E-state index contributed by atoms with van der Waals surface area (Å²) in [6.07, 6.45) is 3.71. The van der Waals surface area contributed by atoms with E-state index in [0.717, 1.165) is 25.7 Å². The first-order chi connectivity index (χ1) is 8.15. The van der Waals surface area contributed by atoms with Gasteiger partial charge in [-0.1, -0.05) is 13.3 Å². The molecule has 1 N–H and O–H groups in total. The largest absolute Gasteiger partial charge is 0.481 e. The van der Waals surface area contributed by atoms with Crippen LogP contribution in [-0.4, -0.2) is 47.7 Å². The first-order valence-electron chi connectivity index (χ1n) is 6.24. The molecule has 17 heavy (non-hydrogen) atoms. The molecule has 1 aliphatic heterocycles. The maximum absolute atomic E-state index is 11.8. The highest BCUT2D eigenvalue weighted by molar-refractivity contribution is 5.79. The van der Waals surface area contributed by atoms with Gasteiger partial charge < -0.3 is 14.7 Å². The summed E-state index contributed by atoms with van der Waals surface area (Å²) in [5.41, 5.74) is 0. The van der Waals surface area contributed by atoms with Crippen molar-refractivity contribution in [3.05, 3.63) is 0 Å². The van der Waals surface area contributed by atoms with Crippen molar-refractivity contribution < 1.29 is 19.4 Å². The monoisotopic (exact) mass is 243 g/mol. The van der Waals surface area contributed by atoms with Crippen LogP contribution in [0.4, 0.5) is 0 Å². The van der Waals surface area contributed by atoms with Crippen LogP contribution in [0.1, 0.15) is 39.0 Å². The zero-order valence-corrected chi connectivity index (χ0v) is 10.4. The lowest BCUT2D eigenvalue weighted by Gasteiger charge is -2.23. The van der Waals surface area contributed by atoms with Crippen molar-refractivity contribution in [2.75, 3.05) is 19.8 Å². The SMILES string of the molecule is CCCCOCC(=O)N1CCCC1CC(=O)O. The van der Waals surface area contributed by atoms with Crippen molar-refractivity contribution >= 4 is 11.9 Å². The number of amides is 1. The minimum atomic E-state index is -0.846. The van der Waals surface area contributed by atoms with Crippen LogP contribution in [0.15, 0.2) is 0 Å². The van der Waals surface area contributed by atoms with Gasteiger partial charge >= 0.3 is 5.97 Å². The van der Waals surface area contributed by atoms with Gasteiger partial charge in [-0.3, -0.25) is 9.59 Å². The fourth-order valence-electron chi connectivity index (χ4n) is 2.07. The molecule has 1 atom stereocenters. The summed E-state index contributed by atoms with van der Waals surface area (Å²) < 4.78 is 5.26. The summed E-state index contributed by atoms with van der Waals surface area (Å²) in [6, 6.07) is -0.144. The number of hydrogen-bond acceptors (Lipinski definition) is 3. The van der Waals surface area contributed by atoms with Crippen LogP contribution in [0.2, 0.25) is 0 Å². The van der Waals surface area contributed by atoms with Crippen molar-refractivity contribution in [3.63, 3.8) is 0 Å². The Morgan fingerprint density at radius 1 is 1.47 bits per heavy atom. The summed E-state index contributed by atoms with van der Waals surface area (Å²) in [4.78, 5) is 24.1. The van der Waals surface area contributed by atoms with Crippen LogP contribution in [0.5, 0.6) is 0 Å². The molecule has 0 saturated carbocycles. The van der Waals surface area contributed by atoms with Gasteiger partial charge in [0, 0.05) is 19.2 Å². The summed E-state index contributed by atoms with van der Waals surface area (Å²) in [5.74, 6) is -0.925. The van der Waals surface area contributed by atoms with Gasteiger partial charge in [0.15, 0.2) is 0 Å². The van der Waals surface area contributed by atoms with Crippen molar-refractivity contribution in [1.82, 2.24) is 4.90 Å². The number of aliphatic carboxylic acids is 1. The molecule has 1 unspecified atom stereocenters. The molecule has 0 aromatic carbocycles. The molecule has 0 spiro atoms.